The lowest BCUT2D eigenvalue weighted by atomic mass is 9.75. The second-order valence-electron chi connectivity index (χ2n) is 8.50. The molecule has 0 fully saturated rings. The molecule has 1 aliphatic rings. The summed E-state index contributed by atoms with van der Waals surface area (Å²) < 4.78 is 1.30. The average molecular weight is 434 g/mol. The van der Waals surface area contributed by atoms with E-state index in [-0.39, 0.29) is 5.41 Å². The summed E-state index contributed by atoms with van der Waals surface area (Å²) in [4.78, 5) is 4.82. The first-order chi connectivity index (χ1) is 14.5. The van der Waals surface area contributed by atoms with Gasteiger partial charge in [0.15, 0.2) is 0 Å². The zero-order valence-electron chi connectivity index (χ0n) is 17.9. The van der Waals surface area contributed by atoms with Gasteiger partial charge in [-0.15, -0.1) is 0 Å². The number of para-hydroxylation sites is 1. The number of hydrogen-bond donors (Lipinski definition) is 1. The Bertz CT molecular complexity index is 1070. The van der Waals surface area contributed by atoms with Crippen molar-refractivity contribution in [3.63, 3.8) is 0 Å². The molecule has 0 saturated heterocycles. The highest BCUT2D eigenvalue weighted by Crippen LogP contribution is 2.40. The number of H-pyrrole nitrogens is 1. The molecule has 0 unspecified atom stereocenters. The van der Waals surface area contributed by atoms with Gasteiger partial charge in [0.2, 0.25) is 5.52 Å². The van der Waals surface area contributed by atoms with Gasteiger partial charge in [0.1, 0.15) is 4.70 Å². The molecule has 0 bridgehead atoms. The molecule has 0 radical (unpaired) electrons. The van der Waals surface area contributed by atoms with Crippen LogP contribution in [0, 0.1) is 5.41 Å². The van der Waals surface area contributed by atoms with Crippen LogP contribution in [0.3, 0.4) is 0 Å². The molecule has 4 rings (SSSR count). The second-order valence-corrected chi connectivity index (χ2v) is 10.7. The van der Waals surface area contributed by atoms with E-state index < -0.39 is 0 Å². The van der Waals surface area contributed by atoms with Crippen LogP contribution >= 0.6 is 23.1 Å². The van der Waals surface area contributed by atoms with E-state index in [4.69, 9.17) is 0 Å². The predicted octanol–water partition coefficient (Wildman–Crippen LogP) is 7.09. The van der Waals surface area contributed by atoms with E-state index in [9.17, 15) is 0 Å². The van der Waals surface area contributed by atoms with E-state index in [0.717, 1.165) is 19.4 Å². The highest BCUT2D eigenvalue weighted by molar-refractivity contribution is 8.03. The number of benzene rings is 2. The maximum absolute atomic E-state index is 3.56. The number of thiazole rings is 1. The first kappa shape index (κ1) is 21.0. The van der Waals surface area contributed by atoms with Crippen LogP contribution in [0.25, 0.3) is 16.3 Å². The first-order valence-corrected chi connectivity index (χ1v) is 12.1. The van der Waals surface area contributed by atoms with Gasteiger partial charge < -0.3 is 5.32 Å². The average Bonchev–Trinajstić information content (AvgIpc) is 3.10. The molecule has 1 aliphatic carbocycles. The van der Waals surface area contributed by atoms with Gasteiger partial charge in [-0.25, -0.2) is 0 Å². The minimum Gasteiger partial charge on any atom is -0.380 e. The molecule has 2 nitrogen and oxygen atoms in total. The molecule has 0 amide bonds. The van der Waals surface area contributed by atoms with Gasteiger partial charge in [0.25, 0.3) is 5.01 Å². The van der Waals surface area contributed by atoms with E-state index in [1.165, 1.54) is 36.3 Å². The smallest absolute Gasteiger partial charge is 0.261 e. The normalized spacial score (nSPS) is 17.9. The number of thioether (sulfide) groups is 1. The summed E-state index contributed by atoms with van der Waals surface area (Å²) in [6, 6.07) is 19.1. The zero-order chi connectivity index (χ0) is 21.0. The van der Waals surface area contributed by atoms with Crippen LogP contribution < -0.4 is 10.3 Å². The fourth-order valence-corrected chi connectivity index (χ4v) is 5.90. The van der Waals surface area contributed by atoms with Gasteiger partial charge >= 0.3 is 0 Å². The van der Waals surface area contributed by atoms with Gasteiger partial charge in [-0.2, -0.15) is 4.98 Å². The molecular weight excluding hydrogens is 404 g/mol. The molecule has 4 heteroatoms. The number of fused-ring (bicyclic) bond motifs is 1. The van der Waals surface area contributed by atoms with Crippen molar-refractivity contribution < 1.29 is 4.98 Å². The lowest BCUT2D eigenvalue weighted by molar-refractivity contribution is -0.341. The SMILES string of the molecule is CCN/C(=C/C1=CC(=C/c2[nH+]c3ccccc3s2)/CC(C)(C)C1)Sc1ccccc1. The van der Waals surface area contributed by atoms with Crippen LogP contribution in [0.15, 0.2) is 87.8 Å². The molecule has 0 spiro atoms. The number of allylic oxidation sites excluding steroid dienone is 4. The van der Waals surface area contributed by atoms with Crippen LogP contribution in [-0.2, 0) is 0 Å². The number of aromatic nitrogens is 1. The quantitative estimate of drug-likeness (QED) is 0.420. The van der Waals surface area contributed by atoms with E-state index in [1.54, 1.807) is 11.8 Å². The highest BCUT2D eigenvalue weighted by atomic mass is 32.2. The molecular formula is C26H29N2S2+. The molecule has 2 aromatic carbocycles. The minimum atomic E-state index is 0.248. The molecule has 154 valence electrons. The van der Waals surface area contributed by atoms with Crippen molar-refractivity contribution in [2.75, 3.05) is 6.54 Å². The van der Waals surface area contributed by atoms with Crippen LogP contribution in [0.4, 0.5) is 0 Å². The number of nitrogens with one attached hydrogen (secondary N) is 2. The van der Waals surface area contributed by atoms with E-state index in [0.29, 0.717) is 0 Å². The molecule has 3 aromatic rings. The summed E-state index contributed by atoms with van der Waals surface area (Å²) in [7, 11) is 0. The van der Waals surface area contributed by atoms with Crippen LogP contribution in [0.1, 0.15) is 38.6 Å². The van der Waals surface area contributed by atoms with Crippen LogP contribution in [0.5, 0.6) is 0 Å². The molecule has 0 aliphatic heterocycles. The number of rotatable bonds is 6. The molecule has 30 heavy (non-hydrogen) atoms. The summed E-state index contributed by atoms with van der Waals surface area (Å²) in [5.74, 6) is 0. The number of aromatic amines is 1. The Morgan fingerprint density at radius 2 is 1.87 bits per heavy atom. The van der Waals surface area contributed by atoms with Crippen LogP contribution in [0.2, 0.25) is 0 Å². The topological polar surface area (TPSA) is 26.2 Å². The Labute approximate surface area is 187 Å². The van der Waals surface area contributed by atoms with Gasteiger partial charge in [-0.1, -0.05) is 73.4 Å². The molecule has 2 N–H and O–H groups in total. The lowest BCUT2D eigenvalue weighted by Crippen LogP contribution is -2.18. The lowest BCUT2D eigenvalue weighted by Gasteiger charge is -2.30. The fourth-order valence-electron chi connectivity index (χ4n) is 3.94. The summed E-state index contributed by atoms with van der Waals surface area (Å²) in [5.41, 5.74) is 4.23. The third-order valence-corrected chi connectivity index (χ3v) is 7.06. The first-order valence-electron chi connectivity index (χ1n) is 10.5. The Kier molecular flexibility index (Phi) is 6.45. The Hall–Kier alpha value is -2.30. The summed E-state index contributed by atoms with van der Waals surface area (Å²) in [6.45, 7) is 7.81. The highest BCUT2D eigenvalue weighted by Gasteiger charge is 2.25. The third kappa shape index (κ3) is 5.44. The molecule has 1 heterocycles. The number of hydrogen-bond acceptors (Lipinski definition) is 3. The Morgan fingerprint density at radius 3 is 2.63 bits per heavy atom. The van der Waals surface area contributed by atoms with Crippen molar-refractivity contribution in [2.45, 2.75) is 38.5 Å². The summed E-state index contributed by atoms with van der Waals surface area (Å²) >= 11 is 3.62. The van der Waals surface area contributed by atoms with Gasteiger partial charge in [0.05, 0.1) is 5.03 Å². The molecule has 1 aromatic heterocycles. The van der Waals surface area contributed by atoms with E-state index in [1.807, 2.05) is 11.3 Å². The van der Waals surface area contributed by atoms with Crippen molar-refractivity contribution in [1.29, 1.82) is 0 Å². The molecule has 0 atom stereocenters. The standard InChI is InChI=1S/C26H28N2S2/c1-4-27-24(29-21-10-6-5-7-11-21)15-19-14-20(18-26(2,3)17-19)16-25-28-22-12-8-9-13-23(22)30-25/h5-16,27H,4,17-18H2,1-3H3/p+1/b20-16-,24-15-. The molecule has 0 saturated carbocycles. The zero-order valence-corrected chi connectivity index (χ0v) is 19.5. The van der Waals surface area contributed by atoms with E-state index in [2.05, 4.69) is 104 Å². The maximum atomic E-state index is 3.56. The third-order valence-electron chi connectivity index (χ3n) is 5.06. The minimum absolute atomic E-state index is 0.248. The van der Waals surface area contributed by atoms with Crippen molar-refractivity contribution in [3.05, 3.63) is 87.9 Å². The fraction of sp³-hybridized carbons (Fsp3) is 0.269. The maximum Gasteiger partial charge on any atom is 0.261 e. The van der Waals surface area contributed by atoms with Crippen molar-refractivity contribution in [2.24, 2.45) is 5.41 Å². The van der Waals surface area contributed by atoms with E-state index >= 15 is 0 Å². The summed E-state index contributed by atoms with van der Waals surface area (Å²) in [5, 5.41) is 5.97. The van der Waals surface area contributed by atoms with Gasteiger partial charge in [-0.05, 0) is 60.6 Å². The van der Waals surface area contributed by atoms with Crippen molar-refractivity contribution in [3.8, 4) is 0 Å². The monoisotopic (exact) mass is 433 g/mol. The Balaban J connectivity index is 1.64. The second kappa shape index (κ2) is 9.23. The van der Waals surface area contributed by atoms with Gasteiger partial charge in [-0.3, -0.25) is 0 Å². The van der Waals surface area contributed by atoms with Crippen molar-refractivity contribution in [1.82, 2.24) is 5.32 Å². The van der Waals surface area contributed by atoms with Crippen LogP contribution in [-0.4, -0.2) is 6.54 Å². The largest absolute Gasteiger partial charge is 0.380 e. The Morgan fingerprint density at radius 1 is 1.10 bits per heavy atom. The van der Waals surface area contributed by atoms with Gasteiger partial charge in [0, 0.05) is 23.6 Å². The predicted molar refractivity (Wildman–Crippen MR) is 132 cm³/mol. The van der Waals surface area contributed by atoms with Crippen molar-refractivity contribution >= 4 is 39.4 Å². The summed E-state index contributed by atoms with van der Waals surface area (Å²) in [6.07, 6.45) is 9.23.